The maximum Gasteiger partial charge on any atom is 0.421 e. The summed E-state index contributed by atoms with van der Waals surface area (Å²) in [4.78, 5) is 13.1. The molecular formula is C14H19NO2Si. The summed E-state index contributed by atoms with van der Waals surface area (Å²) in [6, 6.07) is 12.7. The lowest BCUT2D eigenvalue weighted by Crippen LogP contribution is -2.27. The maximum atomic E-state index is 11.6. The number of nitrogens with zero attached hydrogens (tertiary/aromatic N) is 1. The molecule has 0 aliphatic carbocycles. The minimum atomic E-state index is -1.51. The van der Waals surface area contributed by atoms with Crippen molar-refractivity contribution < 1.29 is 9.53 Å². The van der Waals surface area contributed by atoms with Crippen LogP contribution < -0.4 is 0 Å². The van der Waals surface area contributed by atoms with Gasteiger partial charge in [-0.1, -0.05) is 50.0 Å². The number of carbonyl (C=O) groups excluding carboxylic acids is 1. The van der Waals surface area contributed by atoms with Crippen LogP contribution in [0.2, 0.25) is 19.6 Å². The quantitative estimate of drug-likeness (QED) is 0.465. The van der Waals surface area contributed by atoms with E-state index in [1.165, 1.54) is 12.0 Å². The lowest BCUT2D eigenvalue weighted by atomic mass is 10.2. The van der Waals surface area contributed by atoms with Crippen molar-refractivity contribution in [1.82, 2.24) is 4.90 Å². The van der Waals surface area contributed by atoms with E-state index in [4.69, 9.17) is 4.74 Å². The minimum absolute atomic E-state index is 0.412. The first-order valence-electron chi connectivity index (χ1n) is 5.84. The van der Waals surface area contributed by atoms with Crippen LogP contribution in [0.1, 0.15) is 5.56 Å². The lowest BCUT2D eigenvalue weighted by Gasteiger charge is -2.15. The van der Waals surface area contributed by atoms with Gasteiger partial charge in [0.15, 0.2) is 0 Å². The van der Waals surface area contributed by atoms with Crippen LogP contribution in [-0.4, -0.2) is 26.2 Å². The summed E-state index contributed by atoms with van der Waals surface area (Å²) in [7, 11) is -0.135. The molecule has 0 aliphatic heterocycles. The van der Waals surface area contributed by atoms with Crippen LogP contribution in [0.15, 0.2) is 30.3 Å². The van der Waals surface area contributed by atoms with Crippen LogP contribution in [0.4, 0.5) is 4.79 Å². The zero-order valence-corrected chi connectivity index (χ0v) is 12.4. The minimum Gasteiger partial charge on any atom is -0.452 e. The Morgan fingerprint density at radius 1 is 1.28 bits per heavy atom. The zero-order valence-electron chi connectivity index (χ0n) is 11.4. The Hall–Kier alpha value is -1.73. The van der Waals surface area contributed by atoms with E-state index >= 15 is 0 Å². The van der Waals surface area contributed by atoms with Gasteiger partial charge in [-0.25, -0.2) is 9.69 Å². The molecule has 0 N–H and O–H groups in total. The van der Waals surface area contributed by atoms with Crippen molar-refractivity contribution >= 4 is 14.2 Å². The number of ether oxygens (including phenoxy) is 1. The van der Waals surface area contributed by atoms with Gasteiger partial charge in [0.25, 0.3) is 0 Å². The van der Waals surface area contributed by atoms with Gasteiger partial charge in [0.05, 0.1) is 13.7 Å². The Labute approximate surface area is 110 Å². The monoisotopic (exact) mass is 261 g/mol. The molecule has 1 amide bonds. The second kappa shape index (κ2) is 6.27. The molecular weight excluding hydrogens is 242 g/mol. The summed E-state index contributed by atoms with van der Waals surface area (Å²) in [5, 5.41) is 0. The average molecular weight is 261 g/mol. The van der Waals surface area contributed by atoms with Gasteiger partial charge in [-0.05, 0) is 5.56 Å². The highest BCUT2D eigenvalue weighted by Crippen LogP contribution is 2.05. The predicted molar refractivity (Wildman–Crippen MR) is 75.5 cm³/mol. The summed E-state index contributed by atoms with van der Waals surface area (Å²) in [5.74, 6) is 0. The summed E-state index contributed by atoms with van der Waals surface area (Å²) in [6.07, 6.45) is -0.412. The molecule has 0 unspecified atom stereocenters. The Balaban J connectivity index is 2.86. The van der Waals surface area contributed by atoms with Crippen molar-refractivity contribution in [3.05, 3.63) is 35.9 Å². The number of amides is 1. The molecule has 0 spiro atoms. The van der Waals surface area contributed by atoms with E-state index < -0.39 is 14.2 Å². The number of hydrogen-bond donors (Lipinski definition) is 0. The molecule has 1 rings (SSSR count). The van der Waals surface area contributed by atoms with Crippen LogP contribution in [0, 0.1) is 11.6 Å². The Bertz CT molecular complexity index is 454. The SMILES string of the molecule is COC(=O)N(C#C[Si](C)(C)C)Cc1ccccc1. The number of benzene rings is 1. The molecule has 0 aromatic heterocycles. The van der Waals surface area contributed by atoms with Crippen LogP contribution in [0.3, 0.4) is 0 Å². The van der Waals surface area contributed by atoms with Crippen LogP contribution in [0.5, 0.6) is 0 Å². The topological polar surface area (TPSA) is 29.5 Å². The highest BCUT2D eigenvalue weighted by atomic mass is 28.3. The molecule has 1 aromatic rings. The van der Waals surface area contributed by atoms with Gasteiger partial charge in [-0.3, -0.25) is 0 Å². The molecule has 0 bridgehead atoms. The third-order valence-corrected chi connectivity index (χ3v) is 3.01. The first-order valence-corrected chi connectivity index (χ1v) is 9.34. The van der Waals surface area contributed by atoms with Gasteiger partial charge in [0.1, 0.15) is 8.07 Å². The first kappa shape index (κ1) is 14.3. The molecule has 96 valence electrons. The number of carbonyl (C=O) groups is 1. The van der Waals surface area contributed by atoms with E-state index in [0.29, 0.717) is 6.54 Å². The molecule has 1 aromatic carbocycles. The summed E-state index contributed by atoms with van der Waals surface area (Å²) >= 11 is 0. The van der Waals surface area contributed by atoms with Crippen molar-refractivity contribution in [2.45, 2.75) is 26.2 Å². The predicted octanol–water partition coefficient (Wildman–Crippen LogP) is 3.09. The van der Waals surface area contributed by atoms with Gasteiger partial charge >= 0.3 is 6.09 Å². The van der Waals surface area contributed by atoms with Crippen LogP contribution in [-0.2, 0) is 11.3 Å². The molecule has 0 radical (unpaired) electrons. The van der Waals surface area contributed by atoms with E-state index in [9.17, 15) is 4.79 Å². The number of rotatable bonds is 2. The third-order valence-electron chi connectivity index (χ3n) is 2.14. The molecule has 0 atom stereocenters. The fourth-order valence-electron chi connectivity index (χ4n) is 1.26. The normalized spacial score (nSPS) is 10.2. The van der Waals surface area contributed by atoms with E-state index in [0.717, 1.165) is 5.56 Å². The van der Waals surface area contributed by atoms with E-state index in [1.54, 1.807) is 0 Å². The van der Waals surface area contributed by atoms with Crippen molar-refractivity contribution in [2.24, 2.45) is 0 Å². The molecule has 0 fully saturated rings. The molecule has 0 aliphatic rings. The van der Waals surface area contributed by atoms with Crippen LogP contribution >= 0.6 is 0 Å². The van der Waals surface area contributed by atoms with Gasteiger partial charge in [-0.15, -0.1) is 5.54 Å². The van der Waals surface area contributed by atoms with Crippen molar-refractivity contribution in [3.63, 3.8) is 0 Å². The van der Waals surface area contributed by atoms with Gasteiger partial charge in [0.2, 0.25) is 0 Å². The second-order valence-electron chi connectivity index (χ2n) is 5.03. The Morgan fingerprint density at radius 2 is 1.89 bits per heavy atom. The highest BCUT2D eigenvalue weighted by Gasteiger charge is 2.14. The van der Waals surface area contributed by atoms with Crippen molar-refractivity contribution in [3.8, 4) is 11.6 Å². The van der Waals surface area contributed by atoms with E-state index in [1.807, 2.05) is 30.3 Å². The van der Waals surface area contributed by atoms with E-state index in [2.05, 4.69) is 31.2 Å². The Kier molecular flexibility index (Phi) is 4.99. The molecule has 0 saturated carbocycles. The Morgan fingerprint density at radius 3 is 2.39 bits per heavy atom. The summed E-state index contributed by atoms with van der Waals surface area (Å²) in [6.45, 7) is 6.86. The molecule has 4 heteroatoms. The average Bonchev–Trinajstić information content (AvgIpc) is 2.33. The second-order valence-corrected chi connectivity index (χ2v) is 9.78. The van der Waals surface area contributed by atoms with Crippen molar-refractivity contribution in [1.29, 1.82) is 0 Å². The van der Waals surface area contributed by atoms with Gasteiger partial charge in [-0.2, -0.15) is 0 Å². The van der Waals surface area contributed by atoms with Crippen molar-refractivity contribution in [2.75, 3.05) is 7.11 Å². The molecule has 3 nitrogen and oxygen atoms in total. The standard InChI is InChI=1S/C14H19NO2Si/c1-17-14(16)15(10-11-18(2,3)4)12-13-8-6-5-7-9-13/h5-9H,12H2,1-4H3. The van der Waals surface area contributed by atoms with Crippen LogP contribution in [0.25, 0.3) is 0 Å². The smallest absolute Gasteiger partial charge is 0.421 e. The lowest BCUT2D eigenvalue weighted by molar-refractivity contribution is 0.141. The molecule has 18 heavy (non-hydrogen) atoms. The first-order chi connectivity index (χ1) is 8.42. The summed E-state index contributed by atoms with van der Waals surface area (Å²) in [5.41, 5.74) is 4.21. The molecule has 0 heterocycles. The number of methoxy groups -OCH3 is 1. The zero-order chi connectivity index (χ0) is 13.6. The van der Waals surface area contributed by atoms with E-state index in [-0.39, 0.29) is 0 Å². The summed E-state index contributed by atoms with van der Waals surface area (Å²) < 4.78 is 4.75. The molecule has 0 saturated heterocycles. The maximum absolute atomic E-state index is 11.6. The fraction of sp³-hybridized carbons (Fsp3) is 0.357. The third kappa shape index (κ3) is 5.06. The number of hydrogen-bond acceptors (Lipinski definition) is 2. The fourth-order valence-corrected chi connectivity index (χ4v) is 1.73. The van der Waals surface area contributed by atoms with Gasteiger partial charge in [0, 0.05) is 6.04 Å². The largest absolute Gasteiger partial charge is 0.452 e. The highest BCUT2D eigenvalue weighted by molar-refractivity contribution is 6.83. The van der Waals surface area contributed by atoms with Gasteiger partial charge < -0.3 is 4.74 Å².